The molecule has 0 radical (unpaired) electrons. The fraction of sp³-hybridized carbons (Fsp3) is 0.154. The van der Waals surface area contributed by atoms with E-state index in [1.54, 1.807) is 54.6 Å². The summed E-state index contributed by atoms with van der Waals surface area (Å²) in [7, 11) is 0. The minimum atomic E-state index is -1.67. The summed E-state index contributed by atoms with van der Waals surface area (Å²) in [6, 6.07) is 23.8. The second-order valence-electron chi connectivity index (χ2n) is 7.14. The summed E-state index contributed by atoms with van der Waals surface area (Å²) in [5.41, 5.74) is 0.558. The molecule has 174 valence electrons. The molecule has 0 aliphatic rings. The molecular formula is C26H22O8. The molecule has 0 heterocycles. The van der Waals surface area contributed by atoms with Crippen molar-refractivity contribution in [3.8, 4) is 0 Å². The SMILES string of the molecule is O=C[C@H](OC(=O)c1ccccc1)[C@H](OC(=O)c1ccccc1)[C@@H](O)COC(=O)c1ccccc1. The number of aldehydes is 1. The summed E-state index contributed by atoms with van der Waals surface area (Å²) in [6.07, 6.45) is -4.72. The Labute approximate surface area is 195 Å². The quantitative estimate of drug-likeness (QED) is 0.278. The van der Waals surface area contributed by atoms with Crippen LogP contribution in [0.4, 0.5) is 0 Å². The molecule has 0 fully saturated rings. The van der Waals surface area contributed by atoms with Crippen LogP contribution >= 0.6 is 0 Å². The van der Waals surface area contributed by atoms with E-state index in [0.717, 1.165) is 0 Å². The number of benzene rings is 3. The van der Waals surface area contributed by atoms with Crippen molar-refractivity contribution in [1.29, 1.82) is 0 Å². The first-order valence-electron chi connectivity index (χ1n) is 10.4. The maximum absolute atomic E-state index is 12.6. The monoisotopic (exact) mass is 462 g/mol. The second kappa shape index (κ2) is 12.1. The first-order valence-corrected chi connectivity index (χ1v) is 10.4. The van der Waals surface area contributed by atoms with Gasteiger partial charge < -0.3 is 19.3 Å². The smallest absolute Gasteiger partial charge is 0.338 e. The predicted octanol–water partition coefficient (Wildman–Crippen LogP) is 2.85. The van der Waals surface area contributed by atoms with Gasteiger partial charge in [-0.3, -0.25) is 4.79 Å². The van der Waals surface area contributed by atoms with E-state index in [2.05, 4.69) is 0 Å². The van der Waals surface area contributed by atoms with Crippen LogP contribution in [0.25, 0.3) is 0 Å². The van der Waals surface area contributed by atoms with E-state index >= 15 is 0 Å². The van der Waals surface area contributed by atoms with Gasteiger partial charge in [-0.2, -0.15) is 0 Å². The third-order valence-corrected chi connectivity index (χ3v) is 4.74. The maximum Gasteiger partial charge on any atom is 0.338 e. The Bertz CT molecular complexity index is 1100. The average Bonchev–Trinajstić information content (AvgIpc) is 2.90. The number of carbonyl (C=O) groups excluding carboxylic acids is 4. The third kappa shape index (κ3) is 6.60. The normalized spacial score (nSPS) is 13.1. The van der Waals surface area contributed by atoms with Crippen molar-refractivity contribution >= 4 is 24.2 Å². The molecule has 0 amide bonds. The highest BCUT2D eigenvalue weighted by Crippen LogP contribution is 2.15. The zero-order valence-electron chi connectivity index (χ0n) is 18.0. The van der Waals surface area contributed by atoms with Crippen LogP contribution in [0.2, 0.25) is 0 Å². The van der Waals surface area contributed by atoms with E-state index < -0.39 is 42.8 Å². The molecule has 0 saturated carbocycles. The van der Waals surface area contributed by atoms with Gasteiger partial charge in [-0.05, 0) is 36.4 Å². The molecule has 8 nitrogen and oxygen atoms in total. The van der Waals surface area contributed by atoms with Gasteiger partial charge in [-0.1, -0.05) is 54.6 Å². The number of esters is 3. The lowest BCUT2D eigenvalue weighted by atomic mass is 10.1. The molecule has 0 aliphatic carbocycles. The molecule has 3 atom stereocenters. The van der Waals surface area contributed by atoms with Crippen molar-refractivity contribution in [2.45, 2.75) is 18.3 Å². The Morgan fingerprint density at radius 3 is 1.53 bits per heavy atom. The van der Waals surface area contributed by atoms with Gasteiger partial charge >= 0.3 is 17.9 Å². The number of aliphatic hydroxyl groups excluding tert-OH is 1. The average molecular weight is 462 g/mol. The summed E-state index contributed by atoms with van der Waals surface area (Å²) >= 11 is 0. The highest BCUT2D eigenvalue weighted by Gasteiger charge is 2.36. The van der Waals surface area contributed by atoms with Gasteiger partial charge in [0.2, 0.25) is 0 Å². The Hall–Kier alpha value is -4.30. The number of carbonyl (C=O) groups is 4. The standard InChI is InChI=1S/C26H22O8/c27-16-22(33-25(30)19-12-6-2-7-13-19)23(34-26(31)20-14-8-3-9-15-20)21(28)17-32-24(29)18-10-4-1-5-11-18/h1-16,21-23,28H,17H2/t21-,22-,23+/m0/s1. The van der Waals surface area contributed by atoms with Crippen LogP contribution in [-0.4, -0.2) is 54.2 Å². The molecular weight excluding hydrogens is 440 g/mol. The number of aliphatic hydroxyl groups is 1. The molecule has 0 bridgehead atoms. The fourth-order valence-electron chi connectivity index (χ4n) is 2.98. The zero-order chi connectivity index (χ0) is 24.3. The second-order valence-corrected chi connectivity index (χ2v) is 7.14. The lowest BCUT2D eigenvalue weighted by Crippen LogP contribution is -2.46. The van der Waals surface area contributed by atoms with Crippen LogP contribution in [-0.2, 0) is 19.0 Å². The highest BCUT2D eigenvalue weighted by atomic mass is 16.6. The van der Waals surface area contributed by atoms with Crippen molar-refractivity contribution in [3.63, 3.8) is 0 Å². The molecule has 34 heavy (non-hydrogen) atoms. The molecule has 0 saturated heterocycles. The van der Waals surface area contributed by atoms with E-state index in [-0.39, 0.29) is 23.0 Å². The molecule has 1 N–H and O–H groups in total. The number of ether oxygens (including phenoxy) is 3. The van der Waals surface area contributed by atoms with Gasteiger partial charge in [-0.25, -0.2) is 14.4 Å². The predicted molar refractivity (Wildman–Crippen MR) is 120 cm³/mol. The Balaban J connectivity index is 1.76. The van der Waals surface area contributed by atoms with Gasteiger partial charge in [0.15, 0.2) is 18.5 Å². The molecule has 0 aromatic heterocycles. The molecule has 3 rings (SSSR count). The van der Waals surface area contributed by atoms with Gasteiger partial charge in [0.1, 0.15) is 12.7 Å². The number of hydrogen-bond donors (Lipinski definition) is 1. The molecule has 0 aliphatic heterocycles. The molecule has 0 unspecified atom stereocenters. The lowest BCUT2D eigenvalue weighted by Gasteiger charge is -2.27. The van der Waals surface area contributed by atoms with Crippen LogP contribution in [0.15, 0.2) is 91.0 Å². The van der Waals surface area contributed by atoms with Crippen molar-refractivity contribution in [2.24, 2.45) is 0 Å². The molecule has 0 spiro atoms. The fourth-order valence-corrected chi connectivity index (χ4v) is 2.98. The molecule has 3 aromatic rings. The third-order valence-electron chi connectivity index (χ3n) is 4.74. The maximum atomic E-state index is 12.6. The van der Waals surface area contributed by atoms with E-state index in [4.69, 9.17) is 14.2 Å². The summed E-state index contributed by atoms with van der Waals surface area (Å²) in [5, 5.41) is 10.7. The van der Waals surface area contributed by atoms with Crippen LogP contribution in [0, 0.1) is 0 Å². The minimum Gasteiger partial charge on any atom is -0.459 e. The van der Waals surface area contributed by atoms with E-state index in [1.165, 1.54) is 36.4 Å². The summed E-state index contributed by atoms with van der Waals surface area (Å²) in [6.45, 7) is -0.617. The summed E-state index contributed by atoms with van der Waals surface area (Å²) in [4.78, 5) is 49.1. The first kappa shape index (κ1) is 24.3. The topological polar surface area (TPSA) is 116 Å². The Morgan fingerprint density at radius 2 is 1.09 bits per heavy atom. The lowest BCUT2D eigenvalue weighted by molar-refractivity contribution is -0.130. The van der Waals surface area contributed by atoms with Crippen molar-refractivity contribution < 1.29 is 38.5 Å². The van der Waals surface area contributed by atoms with Crippen LogP contribution in [0.1, 0.15) is 31.1 Å². The highest BCUT2D eigenvalue weighted by molar-refractivity contribution is 5.91. The van der Waals surface area contributed by atoms with E-state index in [9.17, 15) is 24.3 Å². The van der Waals surface area contributed by atoms with Crippen molar-refractivity contribution in [3.05, 3.63) is 108 Å². The van der Waals surface area contributed by atoms with Crippen LogP contribution in [0.3, 0.4) is 0 Å². The molecule has 8 heteroatoms. The Morgan fingerprint density at radius 1 is 0.676 bits per heavy atom. The van der Waals surface area contributed by atoms with Crippen molar-refractivity contribution in [2.75, 3.05) is 6.61 Å². The first-order chi connectivity index (χ1) is 16.5. The van der Waals surface area contributed by atoms with Crippen LogP contribution in [0.5, 0.6) is 0 Å². The van der Waals surface area contributed by atoms with Gasteiger partial charge in [0.05, 0.1) is 16.7 Å². The van der Waals surface area contributed by atoms with Gasteiger partial charge in [0.25, 0.3) is 0 Å². The van der Waals surface area contributed by atoms with Gasteiger partial charge in [-0.15, -0.1) is 0 Å². The number of hydrogen-bond acceptors (Lipinski definition) is 8. The minimum absolute atomic E-state index is 0.153. The van der Waals surface area contributed by atoms with Crippen molar-refractivity contribution in [1.82, 2.24) is 0 Å². The number of rotatable bonds is 10. The summed E-state index contributed by atoms with van der Waals surface area (Å²) in [5.74, 6) is -2.44. The zero-order valence-corrected chi connectivity index (χ0v) is 18.0. The van der Waals surface area contributed by atoms with E-state index in [1.807, 2.05) is 0 Å². The van der Waals surface area contributed by atoms with Crippen LogP contribution < -0.4 is 0 Å². The van der Waals surface area contributed by atoms with E-state index in [0.29, 0.717) is 0 Å². The molecule has 3 aromatic carbocycles. The van der Waals surface area contributed by atoms with Gasteiger partial charge in [0, 0.05) is 0 Å². The largest absolute Gasteiger partial charge is 0.459 e. The summed E-state index contributed by atoms with van der Waals surface area (Å²) < 4.78 is 15.7. The Kier molecular flexibility index (Phi) is 8.65.